The van der Waals surface area contributed by atoms with Gasteiger partial charge in [0.15, 0.2) is 0 Å². The molecular formula is C17H28O3Si2. The van der Waals surface area contributed by atoms with Crippen molar-refractivity contribution in [3.63, 3.8) is 0 Å². The van der Waals surface area contributed by atoms with Crippen molar-refractivity contribution >= 4 is 22.1 Å². The first-order valence-electron chi connectivity index (χ1n) is 7.93. The van der Waals surface area contributed by atoms with Gasteiger partial charge in [0, 0.05) is 30.6 Å². The summed E-state index contributed by atoms with van der Waals surface area (Å²) in [5, 5.41) is 0.978. The Labute approximate surface area is 137 Å². The van der Waals surface area contributed by atoms with Crippen LogP contribution in [0, 0.1) is 11.5 Å². The Hall–Kier alpha value is -0.906. The summed E-state index contributed by atoms with van der Waals surface area (Å²) >= 11 is 0. The van der Waals surface area contributed by atoms with Gasteiger partial charge in [0.05, 0.1) is 0 Å². The third-order valence-electron chi connectivity index (χ3n) is 2.83. The minimum atomic E-state index is -2.90. The third-order valence-corrected chi connectivity index (χ3v) is 6.81. The van der Waals surface area contributed by atoms with Gasteiger partial charge in [0.1, 0.15) is 8.07 Å². The molecule has 0 aliphatic carbocycles. The van der Waals surface area contributed by atoms with E-state index < -0.39 is 16.9 Å². The van der Waals surface area contributed by atoms with Crippen LogP contribution in [-0.2, 0) is 13.3 Å². The van der Waals surface area contributed by atoms with Gasteiger partial charge in [-0.2, -0.15) is 0 Å². The number of hydrogen-bond acceptors (Lipinski definition) is 3. The molecule has 22 heavy (non-hydrogen) atoms. The molecule has 0 unspecified atom stereocenters. The van der Waals surface area contributed by atoms with Crippen molar-refractivity contribution in [2.24, 2.45) is 0 Å². The van der Waals surface area contributed by atoms with Gasteiger partial charge in [0.2, 0.25) is 0 Å². The van der Waals surface area contributed by atoms with E-state index in [1.807, 2.05) is 45.0 Å². The highest BCUT2D eigenvalue weighted by atomic mass is 28.4. The maximum absolute atomic E-state index is 6.01. The molecule has 0 radical (unpaired) electrons. The second-order valence-corrected chi connectivity index (χ2v) is 13.2. The van der Waals surface area contributed by atoms with Crippen LogP contribution >= 0.6 is 0 Å². The van der Waals surface area contributed by atoms with E-state index in [1.165, 1.54) is 0 Å². The molecule has 0 aliphatic rings. The Balaban J connectivity index is 3.37. The number of benzene rings is 1. The van der Waals surface area contributed by atoms with E-state index in [-0.39, 0.29) is 0 Å². The molecule has 0 aromatic heterocycles. The van der Waals surface area contributed by atoms with Crippen molar-refractivity contribution < 1.29 is 13.3 Å². The smallest absolute Gasteiger partial charge is 0.370 e. The summed E-state index contributed by atoms with van der Waals surface area (Å²) in [6.45, 7) is 14.3. The lowest BCUT2D eigenvalue weighted by atomic mass is 10.2. The van der Waals surface area contributed by atoms with Crippen molar-refractivity contribution in [1.29, 1.82) is 0 Å². The van der Waals surface area contributed by atoms with Crippen LogP contribution in [0.15, 0.2) is 24.3 Å². The summed E-state index contributed by atoms with van der Waals surface area (Å²) in [6, 6.07) is 8.05. The molecule has 0 spiro atoms. The topological polar surface area (TPSA) is 27.7 Å². The zero-order chi connectivity index (χ0) is 16.6. The van der Waals surface area contributed by atoms with E-state index in [0.29, 0.717) is 19.8 Å². The average molecular weight is 337 g/mol. The van der Waals surface area contributed by atoms with E-state index in [1.54, 1.807) is 0 Å². The molecule has 1 aromatic carbocycles. The second-order valence-electron chi connectivity index (χ2n) is 5.90. The Kier molecular flexibility index (Phi) is 7.53. The van der Waals surface area contributed by atoms with Crippen LogP contribution in [0.4, 0.5) is 0 Å². The van der Waals surface area contributed by atoms with E-state index in [0.717, 1.165) is 10.8 Å². The maximum atomic E-state index is 6.01. The molecule has 0 saturated carbocycles. The first-order valence-corrected chi connectivity index (χ1v) is 13.2. The molecular weight excluding hydrogens is 308 g/mol. The molecule has 122 valence electrons. The van der Waals surface area contributed by atoms with Gasteiger partial charge in [-0.15, -0.1) is 5.54 Å². The van der Waals surface area contributed by atoms with Gasteiger partial charge in [-0.05, 0) is 26.8 Å². The van der Waals surface area contributed by atoms with Gasteiger partial charge < -0.3 is 13.3 Å². The third kappa shape index (κ3) is 5.38. The van der Waals surface area contributed by atoms with Crippen LogP contribution in [0.25, 0.3) is 0 Å². The van der Waals surface area contributed by atoms with E-state index >= 15 is 0 Å². The van der Waals surface area contributed by atoms with Gasteiger partial charge in [-0.3, -0.25) is 0 Å². The Morgan fingerprint density at radius 2 is 1.36 bits per heavy atom. The van der Waals surface area contributed by atoms with Crippen LogP contribution < -0.4 is 5.19 Å². The summed E-state index contributed by atoms with van der Waals surface area (Å²) < 4.78 is 18.0. The van der Waals surface area contributed by atoms with Crippen molar-refractivity contribution in [1.82, 2.24) is 0 Å². The van der Waals surface area contributed by atoms with Crippen molar-refractivity contribution in [3.8, 4) is 11.5 Å². The summed E-state index contributed by atoms with van der Waals surface area (Å²) in [5.41, 5.74) is 4.39. The zero-order valence-electron chi connectivity index (χ0n) is 14.7. The molecule has 0 amide bonds. The minimum Gasteiger partial charge on any atom is -0.370 e. The average Bonchev–Trinajstić information content (AvgIpc) is 2.45. The fraction of sp³-hybridized carbons (Fsp3) is 0.529. The minimum absolute atomic E-state index is 0.558. The lowest BCUT2D eigenvalue weighted by Gasteiger charge is -2.29. The molecule has 0 aliphatic heterocycles. The van der Waals surface area contributed by atoms with Crippen molar-refractivity contribution in [2.45, 2.75) is 40.4 Å². The molecule has 0 heterocycles. The summed E-state index contributed by atoms with van der Waals surface area (Å²) in [4.78, 5) is 0. The molecule has 3 nitrogen and oxygen atoms in total. The lowest BCUT2D eigenvalue weighted by molar-refractivity contribution is 0.0858. The van der Waals surface area contributed by atoms with Crippen LogP contribution in [0.1, 0.15) is 26.3 Å². The van der Waals surface area contributed by atoms with Crippen LogP contribution in [0.3, 0.4) is 0 Å². The molecule has 0 atom stereocenters. The molecule has 1 aromatic rings. The standard InChI is InChI=1S/C17H28O3Si2/c1-7-18-22(19-8-2,20-9-3)17-13-11-10-12-16(17)14-15-21(4,5)6/h10-13H,7-9H2,1-6H3. The Morgan fingerprint density at radius 1 is 0.864 bits per heavy atom. The van der Waals surface area contributed by atoms with Crippen molar-refractivity contribution in [3.05, 3.63) is 29.8 Å². The van der Waals surface area contributed by atoms with Crippen molar-refractivity contribution in [2.75, 3.05) is 19.8 Å². The summed E-state index contributed by atoms with van der Waals surface area (Å²) in [6.07, 6.45) is 0. The highest BCUT2D eigenvalue weighted by Crippen LogP contribution is 2.13. The SMILES string of the molecule is CCO[Si](OCC)(OCC)c1ccccc1C#C[Si](C)(C)C. The van der Waals surface area contributed by atoms with Gasteiger partial charge in [0.25, 0.3) is 0 Å². The normalized spacial score (nSPS) is 11.9. The predicted molar refractivity (Wildman–Crippen MR) is 96.9 cm³/mol. The largest absolute Gasteiger partial charge is 0.538 e. The second kappa shape index (κ2) is 8.65. The fourth-order valence-electron chi connectivity index (χ4n) is 2.04. The van der Waals surface area contributed by atoms with Crippen LogP contribution in [0.2, 0.25) is 19.6 Å². The molecule has 0 fully saturated rings. The van der Waals surface area contributed by atoms with Gasteiger partial charge in [-0.25, -0.2) is 0 Å². The molecule has 1 rings (SSSR count). The van der Waals surface area contributed by atoms with E-state index in [2.05, 4.69) is 31.1 Å². The van der Waals surface area contributed by atoms with Gasteiger partial charge in [-0.1, -0.05) is 43.8 Å². The highest BCUT2D eigenvalue weighted by molar-refractivity contribution is 6.84. The van der Waals surface area contributed by atoms with Gasteiger partial charge >= 0.3 is 8.80 Å². The van der Waals surface area contributed by atoms with Crippen LogP contribution in [0.5, 0.6) is 0 Å². The number of hydrogen-bond donors (Lipinski definition) is 0. The number of rotatable bonds is 7. The molecule has 0 bridgehead atoms. The molecule has 0 saturated heterocycles. The molecule has 5 heteroatoms. The lowest BCUT2D eigenvalue weighted by Crippen LogP contribution is -2.57. The fourth-order valence-corrected chi connectivity index (χ4v) is 5.18. The van der Waals surface area contributed by atoms with Crippen LogP contribution in [-0.4, -0.2) is 36.7 Å². The first kappa shape index (κ1) is 19.1. The zero-order valence-corrected chi connectivity index (χ0v) is 16.7. The predicted octanol–water partition coefficient (Wildman–Crippen LogP) is 3.17. The summed E-state index contributed by atoms with van der Waals surface area (Å²) in [7, 11) is -4.35. The Morgan fingerprint density at radius 3 is 1.82 bits per heavy atom. The summed E-state index contributed by atoms with van der Waals surface area (Å²) in [5.74, 6) is 3.34. The monoisotopic (exact) mass is 336 g/mol. The maximum Gasteiger partial charge on any atom is 0.538 e. The molecule has 0 N–H and O–H groups in total. The first-order chi connectivity index (χ1) is 10.4. The van der Waals surface area contributed by atoms with E-state index in [9.17, 15) is 0 Å². The highest BCUT2D eigenvalue weighted by Gasteiger charge is 2.44. The van der Waals surface area contributed by atoms with E-state index in [4.69, 9.17) is 13.3 Å². The Bertz CT molecular complexity index is 510. The quantitative estimate of drug-likeness (QED) is 0.565.